The molecule has 0 aliphatic carbocycles. The zero-order valence-corrected chi connectivity index (χ0v) is 15.2. The van der Waals surface area contributed by atoms with Crippen molar-refractivity contribution in [2.75, 3.05) is 11.3 Å². The monoisotopic (exact) mass is 411 g/mol. The van der Waals surface area contributed by atoms with Gasteiger partial charge in [0, 0.05) is 18.5 Å². The van der Waals surface area contributed by atoms with E-state index in [0.29, 0.717) is 25.0 Å². The molecule has 28 heavy (non-hydrogen) atoms. The van der Waals surface area contributed by atoms with Crippen LogP contribution in [0.2, 0.25) is 0 Å². The number of aromatic nitrogens is 2. The Morgan fingerprint density at radius 2 is 1.86 bits per heavy atom. The molecular weight excluding hydrogens is 395 g/mol. The summed E-state index contributed by atoms with van der Waals surface area (Å²) in [4.78, 5) is -0.479. The average molecular weight is 411 g/mol. The summed E-state index contributed by atoms with van der Waals surface area (Å²) >= 11 is 0. The molecule has 0 saturated heterocycles. The van der Waals surface area contributed by atoms with Crippen LogP contribution in [0.3, 0.4) is 0 Å². The second kappa shape index (κ2) is 7.93. The van der Waals surface area contributed by atoms with E-state index in [0.717, 1.165) is 18.2 Å². The van der Waals surface area contributed by atoms with Gasteiger partial charge in [0.2, 0.25) is 0 Å². The molecule has 3 aromatic rings. The summed E-state index contributed by atoms with van der Waals surface area (Å²) in [7, 11) is -4.19. The van der Waals surface area contributed by atoms with Crippen LogP contribution in [-0.4, -0.2) is 24.8 Å². The van der Waals surface area contributed by atoms with Gasteiger partial charge < -0.3 is 4.74 Å². The van der Waals surface area contributed by atoms with Crippen molar-refractivity contribution in [2.24, 2.45) is 0 Å². The minimum atomic E-state index is -4.63. The molecule has 1 N–H and O–H groups in total. The predicted molar refractivity (Wildman–Crippen MR) is 96.4 cm³/mol. The molecule has 1 heterocycles. The second-order valence-corrected chi connectivity index (χ2v) is 7.46. The van der Waals surface area contributed by atoms with E-state index in [1.54, 1.807) is 35.3 Å². The van der Waals surface area contributed by atoms with Gasteiger partial charge in [0.05, 0.1) is 22.7 Å². The number of nitrogens with zero attached hydrogens (tertiary/aromatic N) is 2. The van der Waals surface area contributed by atoms with Crippen LogP contribution in [-0.2, 0) is 22.7 Å². The molecule has 2 aromatic carbocycles. The van der Waals surface area contributed by atoms with Crippen molar-refractivity contribution in [1.82, 2.24) is 9.78 Å². The number of sulfonamides is 1. The molecule has 1 aromatic heterocycles. The fourth-order valence-electron chi connectivity index (χ4n) is 2.39. The van der Waals surface area contributed by atoms with Gasteiger partial charge in [0.15, 0.2) is 0 Å². The number of rotatable bonds is 7. The molecule has 6 nitrogen and oxygen atoms in total. The first-order valence-corrected chi connectivity index (χ1v) is 9.63. The fourth-order valence-corrected chi connectivity index (χ4v) is 3.49. The van der Waals surface area contributed by atoms with Crippen molar-refractivity contribution < 1.29 is 26.3 Å². The zero-order valence-electron chi connectivity index (χ0n) is 14.4. The second-order valence-electron chi connectivity index (χ2n) is 5.78. The van der Waals surface area contributed by atoms with Gasteiger partial charge >= 0.3 is 6.18 Å². The number of halogens is 3. The summed E-state index contributed by atoms with van der Waals surface area (Å²) in [5.74, 6) is 0.413. The lowest BCUT2D eigenvalue weighted by Crippen LogP contribution is -2.14. The van der Waals surface area contributed by atoms with E-state index in [-0.39, 0.29) is 5.69 Å². The Kier molecular flexibility index (Phi) is 5.59. The van der Waals surface area contributed by atoms with Crippen LogP contribution >= 0.6 is 0 Å². The highest BCUT2D eigenvalue weighted by atomic mass is 32.2. The van der Waals surface area contributed by atoms with Crippen molar-refractivity contribution >= 4 is 15.7 Å². The number of hydrogen-bond acceptors (Lipinski definition) is 4. The molecule has 0 fully saturated rings. The van der Waals surface area contributed by atoms with E-state index in [1.165, 1.54) is 12.1 Å². The Morgan fingerprint density at radius 3 is 2.57 bits per heavy atom. The van der Waals surface area contributed by atoms with E-state index in [9.17, 15) is 21.6 Å². The molecule has 0 bridgehead atoms. The minimum absolute atomic E-state index is 0.175. The van der Waals surface area contributed by atoms with Crippen molar-refractivity contribution in [3.8, 4) is 5.75 Å². The van der Waals surface area contributed by atoms with Gasteiger partial charge in [-0.3, -0.25) is 9.40 Å². The summed E-state index contributed by atoms with van der Waals surface area (Å²) in [6.07, 6.45) is -1.21. The first-order valence-electron chi connectivity index (χ1n) is 8.14. The van der Waals surface area contributed by atoms with Gasteiger partial charge in [-0.05, 0) is 36.4 Å². The maximum Gasteiger partial charge on any atom is 0.416 e. The lowest BCUT2D eigenvalue weighted by Gasteiger charge is -2.12. The third-order valence-electron chi connectivity index (χ3n) is 3.71. The Labute approximate surface area is 159 Å². The molecule has 0 aliphatic heterocycles. The first kappa shape index (κ1) is 19.7. The standard InChI is InChI=1S/C18H16F3N3O3S/c19-18(20,21)14-4-1-7-17(12-14)28(25,26)23-15-5-2-6-16(13-15)27-11-10-24-9-3-8-22-24/h1-9,12-13,23H,10-11H2. The van der Waals surface area contributed by atoms with Crippen LogP contribution in [0, 0.1) is 0 Å². The highest BCUT2D eigenvalue weighted by molar-refractivity contribution is 7.92. The molecule has 0 saturated carbocycles. The van der Waals surface area contributed by atoms with E-state index in [1.807, 2.05) is 0 Å². The Bertz CT molecular complexity index is 1040. The summed E-state index contributed by atoms with van der Waals surface area (Å²) < 4.78 is 72.8. The quantitative estimate of drug-likeness (QED) is 0.642. The first-order chi connectivity index (χ1) is 13.2. The molecule has 148 valence electrons. The predicted octanol–water partition coefficient (Wildman–Crippen LogP) is 3.78. The molecular formula is C18H16F3N3O3S. The van der Waals surface area contributed by atoms with Crippen LogP contribution in [0.4, 0.5) is 18.9 Å². The third-order valence-corrected chi connectivity index (χ3v) is 5.09. The number of hydrogen-bond donors (Lipinski definition) is 1. The van der Waals surface area contributed by atoms with E-state index < -0.39 is 26.7 Å². The molecule has 0 radical (unpaired) electrons. The summed E-state index contributed by atoms with van der Waals surface area (Å²) in [6.45, 7) is 0.818. The van der Waals surface area contributed by atoms with E-state index in [2.05, 4.69) is 9.82 Å². The SMILES string of the molecule is O=S(=O)(Nc1cccc(OCCn2cccn2)c1)c1cccc(C(F)(F)F)c1. The summed E-state index contributed by atoms with van der Waals surface area (Å²) in [6, 6.07) is 11.5. The molecule has 10 heteroatoms. The van der Waals surface area contributed by atoms with Gasteiger partial charge in [-0.25, -0.2) is 8.42 Å². The summed E-state index contributed by atoms with van der Waals surface area (Å²) in [5.41, 5.74) is -0.861. The molecule has 3 rings (SSSR count). The fraction of sp³-hybridized carbons (Fsp3) is 0.167. The highest BCUT2D eigenvalue weighted by Gasteiger charge is 2.31. The van der Waals surface area contributed by atoms with E-state index in [4.69, 9.17) is 4.74 Å². The number of anilines is 1. The van der Waals surface area contributed by atoms with Gasteiger partial charge in [0.1, 0.15) is 12.4 Å². The van der Waals surface area contributed by atoms with Crippen LogP contribution in [0.15, 0.2) is 71.9 Å². The maximum atomic E-state index is 12.8. The largest absolute Gasteiger partial charge is 0.492 e. The third kappa shape index (κ3) is 5.03. The molecule has 0 atom stereocenters. The minimum Gasteiger partial charge on any atom is -0.492 e. The van der Waals surface area contributed by atoms with Gasteiger partial charge in [-0.15, -0.1) is 0 Å². The molecule has 0 spiro atoms. The van der Waals surface area contributed by atoms with E-state index >= 15 is 0 Å². The van der Waals surface area contributed by atoms with Crippen LogP contribution < -0.4 is 9.46 Å². The smallest absolute Gasteiger partial charge is 0.416 e. The molecule has 0 unspecified atom stereocenters. The van der Waals surface area contributed by atoms with Gasteiger partial charge in [0.25, 0.3) is 10.0 Å². The van der Waals surface area contributed by atoms with Crippen LogP contribution in [0.5, 0.6) is 5.75 Å². The number of ether oxygens (including phenoxy) is 1. The topological polar surface area (TPSA) is 73.2 Å². The lowest BCUT2D eigenvalue weighted by molar-refractivity contribution is -0.137. The highest BCUT2D eigenvalue weighted by Crippen LogP contribution is 2.31. The lowest BCUT2D eigenvalue weighted by atomic mass is 10.2. The van der Waals surface area contributed by atoms with Crippen LogP contribution in [0.25, 0.3) is 0 Å². The number of benzene rings is 2. The number of nitrogens with one attached hydrogen (secondary N) is 1. The Hall–Kier alpha value is -3.01. The zero-order chi connectivity index (χ0) is 20.2. The van der Waals surface area contributed by atoms with Crippen LogP contribution in [0.1, 0.15) is 5.56 Å². The van der Waals surface area contributed by atoms with Gasteiger partial charge in [-0.1, -0.05) is 12.1 Å². The molecule has 0 amide bonds. The Morgan fingerprint density at radius 1 is 1.07 bits per heavy atom. The average Bonchev–Trinajstić information content (AvgIpc) is 3.15. The number of alkyl halides is 3. The van der Waals surface area contributed by atoms with Crippen molar-refractivity contribution in [3.63, 3.8) is 0 Å². The maximum absolute atomic E-state index is 12.8. The summed E-state index contributed by atoms with van der Waals surface area (Å²) in [5, 5.41) is 4.04. The normalized spacial score (nSPS) is 12.0. The van der Waals surface area contributed by atoms with Crippen molar-refractivity contribution in [2.45, 2.75) is 17.6 Å². The Balaban J connectivity index is 1.70. The molecule has 0 aliphatic rings. The van der Waals surface area contributed by atoms with Crippen molar-refractivity contribution in [1.29, 1.82) is 0 Å². The van der Waals surface area contributed by atoms with Crippen molar-refractivity contribution in [3.05, 3.63) is 72.6 Å². The van der Waals surface area contributed by atoms with Gasteiger partial charge in [-0.2, -0.15) is 18.3 Å².